The summed E-state index contributed by atoms with van der Waals surface area (Å²) in [6, 6.07) is 6.13. The summed E-state index contributed by atoms with van der Waals surface area (Å²) in [5, 5.41) is 0. The first-order chi connectivity index (χ1) is 13.2. The van der Waals surface area contributed by atoms with Crippen LogP contribution in [-0.2, 0) is 16.6 Å². The summed E-state index contributed by atoms with van der Waals surface area (Å²) >= 11 is 0. The molecule has 1 aromatic heterocycles. The average Bonchev–Trinajstić information content (AvgIpc) is 3.11. The molecule has 0 N–H and O–H groups in total. The van der Waals surface area contributed by atoms with E-state index in [4.69, 9.17) is 4.74 Å². The number of aromatic nitrogens is 2. The van der Waals surface area contributed by atoms with Crippen LogP contribution in [0.15, 0.2) is 43.0 Å². The van der Waals surface area contributed by atoms with E-state index >= 15 is 0 Å². The molecule has 1 heterocycles. The molecule has 0 amide bonds. The predicted molar refractivity (Wildman–Crippen MR) is 97.4 cm³/mol. The van der Waals surface area contributed by atoms with Crippen molar-refractivity contribution in [3.05, 3.63) is 48.5 Å². The lowest BCUT2D eigenvalue weighted by atomic mass is 10.2. The Hall–Kier alpha value is -2.36. The molecule has 1 fully saturated rings. The number of halogens is 3. The third-order valence-electron chi connectivity index (χ3n) is 4.33. The summed E-state index contributed by atoms with van der Waals surface area (Å²) in [5.74, 6) is -1.53. The van der Waals surface area contributed by atoms with Crippen molar-refractivity contribution in [2.45, 2.75) is 44.5 Å². The zero-order chi connectivity index (χ0) is 20.2. The fraction of sp³-hybridized carbons (Fsp3) is 0.444. The second-order valence-electron chi connectivity index (χ2n) is 6.65. The zero-order valence-corrected chi connectivity index (χ0v) is 15.8. The van der Waals surface area contributed by atoms with E-state index in [2.05, 4.69) is 9.97 Å². The first kappa shape index (κ1) is 20.4. The SMILES string of the molecule is O=S(=O)(CC(F)(F)F)N(Cc1cncnc1)c1cccc(OC2CCCC2)c1. The van der Waals surface area contributed by atoms with Gasteiger partial charge in [0, 0.05) is 24.0 Å². The van der Waals surface area contributed by atoms with Crippen LogP contribution in [0.2, 0.25) is 0 Å². The molecular weight excluding hydrogens is 395 g/mol. The van der Waals surface area contributed by atoms with E-state index in [1.54, 1.807) is 12.1 Å². The molecule has 1 saturated carbocycles. The molecule has 0 bridgehead atoms. The fourth-order valence-electron chi connectivity index (χ4n) is 3.12. The molecule has 1 aliphatic carbocycles. The molecule has 0 saturated heterocycles. The van der Waals surface area contributed by atoms with Gasteiger partial charge in [0.05, 0.1) is 18.3 Å². The Labute approximate surface area is 161 Å². The standard InChI is InChI=1S/C18H20F3N3O3S/c19-18(20,21)12-28(25,26)24(11-14-9-22-13-23-10-14)15-4-3-7-17(8-15)27-16-5-1-2-6-16/h3-4,7-10,13,16H,1-2,5-6,11-12H2. The molecule has 2 aromatic rings. The van der Waals surface area contributed by atoms with E-state index < -0.39 is 22.0 Å². The maximum absolute atomic E-state index is 12.9. The molecule has 0 atom stereocenters. The number of alkyl halides is 3. The van der Waals surface area contributed by atoms with Gasteiger partial charge in [0.15, 0.2) is 5.75 Å². The minimum Gasteiger partial charge on any atom is -0.490 e. The van der Waals surface area contributed by atoms with Crippen LogP contribution in [0.5, 0.6) is 5.75 Å². The molecule has 0 spiro atoms. The Morgan fingerprint density at radius 1 is 1.14 bits per heavy atom. The van der Waals surface area contributed by atoms with Crippen molar-refractivity contribution in [3.8, 4) is 5.75 Å². The van der Waals surface area contributed by atoms with Crippen LogP contribution in [0.4, 0.5) is 18.9 Å². The van der Waals surface area contributed by atoms with E-state index in [1.165, 1.54) is 30.9 Å². The minimum absolute atomic E-state index is 0.0398. The summed E-state index contributed by atoms with van der Waals surface area (Å²) in [6.07, 6.45) is 3.09. The van der Waals surface area contributed by atoms with Crippen LogP contribution < -0.4 is 9.04 Å². The molecule has 10 heteroatoms. The highest BCUT2D eigenvalue weighted by Crippen LogP contribution is 2.30. The summed E-state index contributed by atoms with van der Waals surface area (Å²) in [7, 11) is -4.68. The minimum atomic E-state index is -4.86. The smallest absolute Gasteiger partial charge is 0.404 e. The number of sulfonamides is 1. The number of ether oxygens (including phenoxy) is 1. The van der Waals surface area contributed by atoms with E-state index in [9.17, 15) is 21.6 Å². The number of nitrogens with zero attached hydrogens (tertiary/aromatic N) is 3. The Bertz CT molecular complexity index is 886. The lowest BCUT2D eigenvalue weighted by Gasteiger charge is -2.25. The summed E-state index contributed by atoms with van der Waals surface area (Å²) in [6.45, 7) is -0.313. The molecule has 28 heavy (non-hydrogen) atoms. The van der Waals surface area contributed by atoms with Gasteiger partial charge in [-0.15, -0.1) is 0 Å². The van der Waals surface area contributed by atoms with Gasteiger partial charge in [-0.25, -0.2) is 18.4 Å². The van der Waals surface area contributed by atoms with Crippen molar-refractivity contribution in [2.24, 2.45) is 0 Å². The number of benzene rings is 1. The lowest BCUT2D eigenvalue weighted by molar-refractivity contribution is -0.106. The highest BCUT2D eigenvalue weighted by atomic mass is 32.2. The van der Waals surface area contributed by atoms with Crippen LogP contribution in [0.3, 0.4) is 0 Å². The molecule has 1 aromatic carbocycles. The normalized spacial score (nSPS) is 15.5. The monoisotopic (exact) mass is 415 g/mol. The first-order valence-electron chi connectivity index (χ1n) is 8.81. The van der Waals surface area contributed by atoms with Gasteiger partial charge in [-0.2, -0.15) is 13.2 Å². The van der Waals surface area contributed by atoms with Gasteiger partial charge >= 0.3 is 6.18 Å². The Morgan fingerprint density at radius 2 is 1.82 bits per heavy atom. The molecular formula is C18H20F3N3O3S. The molecule has 152 valence electrons. The van der Waals surface area contributed by atoms with Crippen molar-refractivity contribution < 1.29 is 26.3 Å². The maximum Gasteiger partial charge on any atom is 0.404 e. The van der Waals surface area contributed by atoms with Crippen LogP contribution in [0.1, 0.15) is 31.2 Å². The van der Waals surface area contributed by atoms with Gasteiger partial charge in [0.2, 0.25) is 10.0 Å². The van der Waals surface area contributed by atoms with E-state index in [0.29, 0.717) is 11.3 Å². The van der Waals surface area contributed by atoms with E-state index in [1.807, 2.05) is 0 Å². The number of rotatable bonds is 7. The molecule has 0 radical (unpaired) electrons. The number of hydrogen-bond acceptors (Lipinski definition) is 5. The second kappa shape index (κ2) is 8.34. The summed E-state index contributed by atoms with van der Waals surface area (Å²) in [4.78, 5) is 7.59. The Morgan fingerprint density at radius 3 is 2.46 bits per heavy atom. The van der Waals surface area contributed by atoms with Crippen molar-refractivity contribution in [1.29, 1.82) is 0 Å². The van der Waals surface area contributed by atoms with E-state index in [0.717, 1.165) is 30.0 Å². The fourth-order valence-corrected chi connectivity index (χ4v) is 4.47. The van der Waals surface area contributed by atoms with Crippen LogP contribution in [0, 0.1) is 0 Å². The van der Waals surface area contributed by atoms with Gasteiger partial charge in [0.25, 0.3) is 0 Å². The third-order valence-corrected chi connectivity index (χ3v) is 6.04. The molecule has 1 aliphatic rings. The van der Waals surface area contributed by atoms with Gasteiger partial charge in [0.1, 0.15) is 12.1 Å². The van der Waals surface area contributed by atoms with Crippen LogP contribution >= 0.6 is 0 Å². The maximum atomic E-state index is 12.9. The van der Waals surface area contributed by atoms with Crippen molar-refractivity contribution in [1.82, 2.24) is 9.97 Å². The average molecular weight is 415 g/mol. The van der Waals surface area contributed by atoms with Crippen molar-refractivity contribution in [3.63, 3.8) is 0 Å². The Balaban J connectivity index is 1.91. The second-order valence-corrected chi connectivity index (χ2v) is 8.54. The number of hydrogen-bond donors (Lipinski definition) is 0. The summed E-state index contributed by atoms with van der Waals surface area (Å²) in [5.41, 5.74) is 0.471. The third kappa shape index (κ3) is 5.57. The summed E-state index contributed by atoms with van der Waals surface area (Å²) < 4.78 is 70.2. The zero-order valence-electron chi connectivity index (χ0n) is 15.0. The quantitative estimate of drug-likeness (QED) is 0.690. The van der Waals surface area contributed by atoms with Gasteiger partial charge in [-0.3, -0.25) is 4.31 Å². The largest absolute Gasteiger partial charge is 0.490 e. The topological polar surface area (TPSA) is 72.4 Å². The Kier molecular flexibility index (Phi) is 6.07. The van der Waals surface area contributed by atoms with E-state index in [-0.39, 0.29) is 18.3 Å². The molecule has 6 nitrogen and oxygen atoms in total. The van der Waals surface area contributed by atoms with Crippen molar-refractivity contribution >= 4 is 15.7 Å². The van der Waals surface area contributed by atoms with Gasteiger partial charge in [-0.05, 0) is 37.8 Å². The molecule has 0 aliphatic heterocycles. The van der Waals surface area contributed by atoms with Gasteiger partial charge in [-0.1, -0.05) is 6.07 Å². The molecule has 0 unspecified atom stereocenters. The van der Waals surface area contributed by atoms with Gasteiger partial charge < -0.3 is 4.74 Å². The lowest BCUT2D eigenvalue weighted by Crippen LogP contribution is -2.37. The van der Waals surface area contributed by atoms with Crippen LogP contribution in [-0.4, -0.2) is 36.4 Å². The van der Waals surface area contributed by atoms with Crippen LogP contribution in [0.25, 0.3) is 0 Å². The molecule has 3 rings (SSSR count). The first-order valence-corrected chi connectivity index (χ1v) is 10.4. The number of anilines is 1. The highest BCUT2D eigenvalue weighted by molar-refractivity contribution is 7.92. The van der Waals surface area contributed by atoms with Crippen molar-refractivity contribution in [2.75, 3.05) is 10.1 Å². The highest BCUT2D eigenvalue weighted by Gasteiger charge is 2.38. The predicted octanol–water partition coefficient (Wildman–Crippen LogP) is 3.70.